The summed E-state index contributed by atoms with van der Waals surface area (Å²) in [6, 6.07) is 17.1. The number of rotatable bonds is 6. The second-order valence-corrected chi connectivity index (χ2v) is 7.10. The van der Waals surface area contributed by atoms with Crippen LogP contribution in [-0.4, -0.2) is 35.6 Å². The summed E-state index contributed by atoms with van der Waals surface area (Å²) in [4.78, 5) is 27.9. The lowest BCUT2D eigenvalue weighted by atomic mass is 9.90. The van der Waals surface area contributed by atoms with Crippen LogP contribution in [0.5, 0.6) is 5.75 Å². The van der Waals surface area contributed by atoms with Crippen LogP contribution < -0.4 is 15.4 Å². The molecular formula is C23H22N4O4. The second-order valence-electron chi connectivity index (χ2n) is 7.10. The second kappa shape index (κ2) is 8.74. The van der Waals surface area contributed by atoms with Crippen LogP contribution in [0.4, 0.5) is 5.82 Å². The number of carbonyl (C=O) groups excluding carboxylic acids is 2. The van der Waals surface area contributed by atoms with E-state index >= 15 is 0 Å². The number of carbonyl (C=O) groups is 2. The predicted octanol–water partition coefficient (Wildman–Crippen LogP) is 3.36. The fourth-order valence-corrected chi connectivity index (χ4v) is 3.50. The Morgan fingerprint density at radius 2 is 1.90 bits per heavy atom. The molecule has 1 atom stereocenters. The Labute approximate surface area is 178 Å². The molecule has 2 aromatic heterocycles. The number of ether oxygens (including phenoxy) is 1. The van der Waals surface area contributed by atoms with Crippen LogP contribution in [0.1, 0.15) is 22.8 Å². The van der Waals surface area contributed by atoms with E-state index in [0.717, 1.165) is 27.8 Å². The van der Waals surface area contributed by atoms with E-state index in [4.69, 9.17) is 9.26 Å². The monoisotopic (exact) mass is 418 g/mol. The summed E-state index contributed by atoms with van der Waals surface area (Å²) < 4.78 is 10.2. The van der Waals surface area contributed by atoms with Crippen molar-refractivity contribution in [3.8, 4) is 5.75 Å². The maximum Gasteiger partial charge on any atom is 0.314 e. The standard InChI is InChI=1S/C23H22N4O4/c1-14-11-21(27-31-14)26-23(29)22(28)25-12-18(15-7-9-16(30-2)10-8-15)19-13-24-20-6-4-3-5-17(19)20/h3-11,13,18,24H,12H2,1-2H3,(H,25,28)(H,26,27,29)/t18-/m0/s1. The van der Waals surface area contributed by atoms with E-state index in [1.165, 1.54) is 6.07 Å². The van der Waals surface area contributed by atoms with Gasteiger partial charge in [-0.1, -0.05) is 35.5 Å². The fraction of sp³-hybridized carbons (Fsp3) is 0.174. The molecular weight excluding hydrogens is 396 g/mol. The molecule has 0 aliphatic rings. The van der Waals surface area contributed by atoms with Crippen molar-refractivity contribution >= 4 is 28.5 Å². The number of aryl methyl sites for hydroxylation is 1. The van der Waals surface area contributed by atoms with Gasteiger partial charge in [0, 0.05) is 35.6 Å². The molecule has 2 aromatic carbocycles. The number of amides is 2. The zero-order valence-electron chi connectivity index (χ0n) is 17.1. The summed E-state index contributed by atoms with van der Waals surface area (Å²) >= 11 is 0. The number of anilines is 1. The van der Waals surface area contributed by atoms with Crippen LogP contribution in [0.25, 0.3) is 10.9 Å². The van der Waals surface area contributed by atoms with Gasteiger partial charge in [0.2, 0.25) is 0 Å². The van der Waals surface area contributed by atoms with E-state index in [9.17, 15) is 9.59 Å². The summed E-state index contributed by atoms with van der Waals surface area (Å²) in [6.07, 6.45) is 1.93. The number of hydrogen-bond acceptors (Lipinski definition) is 5. The number of nitrogens with zero attached hydrogens (tertiary/aromatic N) is 1. The minimum atomic E-state index is -0.805. The van der Waals surface area contributed by atoms with Crippen molar-refractivity contribution in [2.24, 2.45) is 0 Å². The first-order chi connectivity index (χ1) is 15.0. The SMILES string of the molecule is COc1ccc([C@H](CNC(=O)C(=O)Nc2cc(C)on2)c2c[nH]c3ccccc23)cc1. The molecule has 0 bridgehead atoms. The Morgan fingerprint density at radius 1 is 1.13 bits per heavy atom. The van der Waals surface area contributed by atoms with Gasteiger partial charge in [-0.2, -0.15) is 0 Å². The van der Waals surface area contributed by atoms with E-state index in [1.54, 1.807) is 14.0 Å². The van der Waals surface area contributed by atoms with Gasteiger partial charge in [0.15, 0.2) is 5.82 Å². The van der Waals surface area contributed by atoms with Crippen molar-refractivity contribution in [3.05, 3.63) is 77.7 Å². The van der Waals surface area contributed by atoms with Gasteiger partial charge in [-0.15, -0.1) is 0 Å². The van der Waals surface area contributed by atoms with E-state index in [1.807, 2.05) is 54.7 Å². The molecule has 8 nitrogen and oxygen atoms in total. The number of hydrogen-bond donors (Lipinski definition) is 3. The number of methoxy groups -OCH3 is 1. The van der Waals surface area contributed by atoms with Crippen LogP contribution in [0, 0.1) is 6.92 Å². The Balaban J connectivity index is 1.55. The lowest BCUT2D eigenvalue weighted by Gasteiger charge is -2.18. The maximum atomic E-state index is 12.4. The summed E-state index contributed by atoms with van der Waals surface area (Å²) in [5.74, 6) is -0.254. The maximum absolute atomic E-state index is 12.4. The Kier molecular flexibility index (Phi) is 5.70. The van der Waals surface area contributed by atoms with Gasteiger partial charge >= 0.3 is 11.8 Å². The number of benzene rings is 2. The van der Waals surface area contributed by atoms with Gasteiger partial charge in [-0.05, 0) is 36.2 Å². The van der Waals surface area contributed by atoms with Gasteiger partial charge < -0.3 is 19.6 Å². The summed E-state index contributed by atoms with van der Waals surface area (Å²) in [5, 5.41) is 9.89. The van der Waals surface area contributed by atoms with E-state index in [2.05, 4.69) is 20.8 Å². The molecule has 4 rings (SSSR count). The van der Waals surface area contributed by atoms with E-state index in [-0.39, 0.29) is 18.3 Å². The summed E-state index contributed by atoms with van der Waals surface area (Å²) in [6.45, 7) is 1.93. The highest BCUT2D eigenvalue weighted by Crippen LogP contribution is 2.31. The van der Waals surface area contributed by atoms with Crippen molar-refractivity contribution in [2.75, 3.05) is 19.0 Å². The smallest absolute Gasteiger partial charge is 0.314 e. The highest BCUT2D eigenvalue weighted by Gasteiger charge is 2.22. The predicted molar refractivity (Wildman–Crippen MR) is 116 cm³/mol. The average molecular weight is 418 g/mol. The molecule has 2 heterocycles. The van der Waals surface area contributed by atoms with Crippen molar-refractivity contribution in [1.29, 1.82) is 0 Å². The summed E-state index contributed by atoms with van der Waals surface area (Å²) in [7, 11) is 1.61. The number of para-hydroxylation sites is 1. The molecule has 0 aliphatic carbocycles. The zero-order valence-corrected chi connectivity index (χ0v) is 17.1. The molecule has 0 spiro atoms. The van der Waals surface area contributed by atoms with E-state index < -0.39 is 11.8 Å². The van der Waals surface area contributed by atoms with Crippen molar-refractivity contribution in [1.82, 2.24) is 15.5 Å². The van der Waals surface area contributed by atoms with Crippen LogP contribution in [0.2, 0.25) is 0 Å². The van der Waals surface area contributed by atoms with Crippen molar-refractivity contribution < 1.29 is 18.8 Å². The quantitative estimate of drug-likeness (QED) is 0.416. The third-order valence-electron chi connectivity index (χ3n) is 5.06. The van der Waals surface area contributed by atoms with Gasteiger partial charge in [0.05, 0.1) is 7.11 Å². The highest BCUT2D eigenvalue weighted by atomic mass is 16.5. The molecule has 0 aliphatic heterocycles. The van der Waals surface area contributed by atoms with Crippen molar-refractivity contribution in [2.45, 2.75) is 12.8 Å². The molecule has 0 radical (unpaired) electrons. The number of aromatic amines is 1. The highest BCUT2D eigenvalue weighted by molar-refractivity contribution is 6.39. The Hall–Kier alpha value is -4.07. The third-order valence-corrected chi connectivity index (χ3v) is 5.06. The first-order valence-corrected chi connectivity index (χ1v) is 9.77. The first-order valence-electron chi connectivity index (χ1n) is 9.77. The molecule has 0 fully saturated rings. The van der Waals surface area contributed by atoms with Crippen LogP contribution >= 0.6 is 0 Å². The normalized spacial score (nSPS) is 11.8. The number of aromatic nitrogens is 2. The van der Waals surface area contributed by atoms with Gasteiger partial charge in [-0.25, -0.2) is 0 Å². The van der Waals surface area contributed by atoms with Crippen LogP contribution in [-0.2, 0) is 9.59 Å². The number of H-pyrrole nitrogens is 1. The van der Waals surface area contributed by atoms with Gasteiger partial charge in [0.25, 0.3) is 0 Å². The largest absolute Gasteiger partial charge is 0.497 e. The van der Waals surface area contributed by atoms with Crippen LogP contribution in [0.3, 0.4) is 0 Å². The van der Waals surface area contributed by atoms with Gasteiger partial charge in [-0.3, -0.25) is 14.9 Å². The van der Waals surface area contributed by atoms with E-state index in [0.29, 0.717) is 5.76 Å². The molecule has 4 aromatic rings. The van der Waals surface area contributed by atoms with Crippen molar-refractivity contribution in [3.63, 3.8) is 0 Å². The Bertz CT molecular complexity index is 1210. The molecule has 31 heavy (non-hydrogen) atoms. The number of fused-ring (bicyclic) bond motifs is 1. The average Bonchev–Trinajstić information content (AvgIpc) is 3.40. The molecule has 158 valence electrons. The molecule has 0 saturated heterocycles. The minimum Gasteiger partial charge on any atom is -0.497 e. The topological polar surface area (TPSA) is 109 Å². The minimum absolute atomic E-state index is 0.173. The molecule has 8 heteroatoms. The molecule has 0 saturated carbocycles. The van der Waals surface area contributed by atoms with Crippen LogP contribution in [0.15, 0.2) is 65.3 Å². The Morgan fingerprint density at radius 3 is 2.61 bits per heavy atom. The third kappa shape index (κ3) is 4.42. The molecule has 0 unspecified atom stereocenters. The zero-order chi connectivity index (χ0) is 21.8. The molecule has 2 amide bonds. The number of nitrogens with one attached hydrogen (secondary N) is 3. The fourth-order valence-electron chi connectivity index (χ4n) is 3.50. The van der Waals surface area contributed by atoms with Gasteiger partial charge in [0.1, 0.15) is 11.5 Å². The summed E-state index contributed by atoms with van der Waals surface area (Å²) in [5.41, 5.74) is 3.01. The first kappa shape index (κ1) is 20.2. The lowest BCUT2D eigenvalue weighted by molar-refractivity contribution is -0.136. The lowest BCUT2D eigenvalue weighted by Crippen LogP contribution is -2.37. The molecule has 3 N–H and O–H groups in total.